The molecule has 0 aromatic heterocycles. The number of halogens is 2. The van der Waals surface area contributed by atoms with Crippen molar-refractivity contribution in [1.29, 1.82) is 5.26 Å². The van der Waals surface area contributed by atoms with Gasteiger partial charge < -0.3 is 54.2 Å². The van der Waals surface area contributed by atoms with E-state index in [0.29, 0.717) is 40.1 Å². The SMILES string of the molecule is C[C@@H](O)[C@H]1C(=O)N2C(C(=O)O)=C(c3ccc4c(c3)-c3ccc(C[N+]56CC[N+](CC(=O)Nc7cccc(C#N)c7)(CC5)CC6)cc3C4=O)[C@H](C)[C@H]12.[Cl-].[Cl-]. The maximum atomic E-state index is 13.7. The van der Waals surface area contributed by atoms with Gasteiger partial charge in [-0.15, -0.1) is 0 Å². The van der Waals surface area contributed by atoms with E-state index in [1.807, 2.05) is 25.1 Å². The molecule has 3 aromatic carbocycles. The number of fused-ring (bicyclic) bond motifs is 7. The summed E-state index contributed by atoms with van der Waals surface area (Å²) >= 11 is 0. The smallest absolute Gasteiger partial charge is 0.352 e. The van der Waals surface area contributed by atoms with Crippen LogP contribution in [-0.2, 0) is 20.9 Å². The molecule has 0 unspecified atom stereocenters. The van der Waals surface area contributed by atoms with Crippen molar-refractivity contribution >= 4 is 34.8 Å². The number of ketones is 1. The molecule has 0 spiro atoms. The number of carbonyl (C=O) groups is 4. The van der Waals surface area contributed by atoms with E-state index in [2.05, 4.69) is 17.5 Å². The van der Waals surface area contributed by atoms with Crippen molar-refractivity contribution in [2.24, 2.45) is 11.8 Å². The van der Waals surface area contributed by atoms with Crippen LogP contribution in [0.3, 0.4) is 0 Å². The van der Waals surface area contributed by atoms with Gasteiger partial charge >= 0.3 is 5.97 Å². The number of anilines is 1. The molecule has 4 saturated heterocycles. The molecule has 4 fully saturated rings. The zero-order valence-corrected chi connectivity index (χ0v) is 30.3. The summed E-state index contributed by atoms with van der Waals surface area (Å²) in [6, 6.07) is 20.2. The highest BCUT2D eigenvalue weighted by atomic mass is 35.5. The first-order valence-electron chi connectivity index (χ1n) is 17.2. The second kappa shape index (κ2) is 13.4. The highest BCUT2D eigenvalue weighted by molar-refractivity contribution is 6.22. The van der Waals surface area contributed by atoms with Crippen molar-refractivity contribution in [2.45, 2.75) is 32.5 Å². The van der Waals surface area contributed by atoms with Crippen molar-refractivity contribution in [3.63, 3.8) is 0 Å². The van der Waals surface area contributed by atoms with Crippen molar-refractivity contribution in [3.8, 4) is 17.2 Å². The number of carboxylic acid groups (broad SMARTS) is 1. The number of quaternary nitrogens is 2. The Bertz CT molecular complexity index is 2080. The Hall–Kier alpha value is -4.57. The molecule has 270 valence electrons. The predicted molar refractivity (Wildman–Crippen MR) is 183 cm³/mol. The lowest BCUT2D eigenvalue weighted by Crippen LogP contribution is -3.00. The number of hydrogen-bond acceptors (Lipinski definition) is 6. The van der Waals surface area contributed by atoms with Gasteiger partial charge in [0.25, 0.3) is 5.91 Å². The number of aliphatic hydroxyl groups excluding tert-OH is 1. The molecule has 13 heteroatoms. The minimum Gasteiger partial charge on any atom is -1.00 e. The van der Waals surface area contributed by atoms with Gasteiger partial charge in [0.05, 0.1) is 29.7 Å². The topological polar surface area (TPSA) is 148 Å². The molecule has 0 saturated carbocycles. The van der Waals surface area contributed by atoms with Crippen molar-refractivity contribution < 1.29 is 63.2 Å². The number of aliphatic hydroxyl groups is 1. The summed E-state index contributed by atoms with van der Waals surface area (Å²) in [6.45, 7) is 10.2. The minimum absolute atomic E-state index is 0. The number of rotatable bonds is 8. The van der Waals surface area contributed by atoms with Crippen LogP contribution in [0.15, 0.2) is 66.4 Å². The Morgan fingerprint density at radius 3 is 2.25 bits per heavy atom. The number of aliphatic carboxylic acids is 1. The third kappa shape index (κ3) is 5.79. The zero-order valence-electron chi connectivity index (χ0n) is 28.8. The molecule has 9 rings (SSSR count). The van der Waals surface area contributed by atoms with Gasteiger partial charge in [0.2, 0.25) is 5.91 Å². The predicted octanol–water partition coefficient (Wildman–Crippen LogP) is -2.77. The molecule has 11 nitrogen and oxygen atoms in total. The zero-order chi connectivity index (χ0) is 35.1. The number of carboxylic acids is 1. The number of β-lactam (4-membered cyclic amide) rings is 1. The Balaban J connectivity index is 0.00000232. The van der Waals surface area contributed by atoms with Gasteiger partial charge in [-0.1, -0.05) is 31.2 Å². The summed E-state index contributed by atoms with van der Waals surface area (Å²) in [6.07, 6.45) is -0.881. The normalized spacial score (nSPS) is 27.0. The van der Waals surface area contributed by atoms with E-state index >= 15 is 0 Å². The Kier molecular flexibility index (Phi) is 9.62. The standard InChI is InChI=1S/C39H37N5O6.2ClH/c1-22-33(36(39(49)50)42-35(22)34(23(2)45)38(42)48)26-7-9-29-30(18-26)28-8-6-25(17-31(28)37(29)47)20-43-10-13-44(14-11-43,15-12-43)21-32(46)41-27-5-3-4-24(16-27)19-40;;/h3-9,16-18,22-23,34-35,45H,10-15,20-21H2,1-2H3;2*1H/t22-,23+,34+,35+,43?,44?;;/m0../s1. The van der Waals surface area contributed by atoms with E-state index in [1.54, 1.807) is 43.3 Å². The fraction of sp³-hybridized carbons (Fsp3) is 0.359. The van der Waals surface area contributed by atoms with Crippen molar-refractivity contribution in [1.82, 2.24) is 4.90 Å². The number of nitrogens with zero attached hydrogens (tertiary/aromatic N) is 4. The third-order valence-corrected chi connectivity index (χ3v) is 12.0. The van der Waals surface area contributed by atoms with Crippen LogP contribution >= 0.6 is 0 Å². The molecule has 6 aliphatic rings. The van der Waals surface area contributed by atoms with E-state index in [9.17, 15) is 34.7 Å². The monoisotopic (exact) mass is 743 g/mol. The first-order valence-corrected chi connectivity index (χ1v) is 17.2. The van der Waals surface area contributed by atoms with Crippen LogP contribution in [0.25, 0.3) is 16.7 Å². The number of amides is 2. The lowest BCUT2D eigenvalue weighted by molar-refractivity contribution is -1.08. The Morgan fingerprint density at radius 1 is 0.923 bits per heavy atom. The molecule has 5 aliphatic heterocycles. The van der Waals surface area contributed by atoms with E-state index in [4.69, 9.17) is 0 Å². The quantitative estimate of drug-likeness (QED) is 0.131. The fourth-order valence-corrected chi connectivity index (χ4v) is 9.32. The van der Waals surface area contributed by atoms with Gasteiger partial charge in [0.1, 0.15) is 51.5 Å². The van der Waals surface area contributed by atoms with Crippen LogP contribution in [0.4, 0.5) is 5.69 Å². The summed E-state index contributed by atoms with van der Waals surface area (Å²) in [5.74, 6) is -2.59. The number of nitriles is 1. The average molecular weight is 745 g/mol. The largest absolute Gasteiger partial charge is 1.00 e. The second-order valence-electron chi connectivity index (χ2n) is 14.9. The summed E-state index contributed by atoms with van der Waals surface area (Å²) in [5.41, 5.74) is 6.20. The fourth-order valence-electron chi connectivity index (χ4n) is 9.32. The molecular formula is C39H39Cl2N5O6. The number of hydrogen-bond donors (Lipinski definition) is 3. The van der Waals surface area contributed by atoms with E-state index in [1.165, 1.54) is 4.90 Å². The second-order valence-corrected chi connectivity index (χ2v) is 14.9. The Labute approximate surface area is 314 Å². The van der Waals surface area contributed by atoms with Gasteiger partial charge in [0, 0.05) is 28.3 Å². The average Bonchev–Trinajstić information content (AvgIpc) is 3.52. The number of carbonyl (C=O) groups excluding carboxylic acids is 3. The summed E-state index contributed by atoms with van der Waals surface area (Å²) < 4.78 is 1.68. The van der Waals surface area contributed by atoms with Crippen molar-refractivity contribution in [3.05, 3.63) is 94.2 Å². The molecule has 52 heavy (non-hydrogen) atoms. The Morgan fingerprint density at radius 2 is 1.60 bits per heavy atom. The summed E-state index contributed by atoms with van der Waals surface area (Å²) in [4.78, 5) is 53.3. The van der Waals surface area contributed by atoms with Gasteiger partial charge in [-0.25, -0.2) is 4.79 Å². The molecule has 3 aromatic rings. The molecule has 3 N–H and O–H groups in total. The van der Waals surface area contributed by atoms with Crippen LogP contribution in [0.2, 0.25) is 0 Å². The van der Waals surface area contributed by atoms with E-state index < -0.39 is 24.0 Å². The third-order valence-electron chi connectivity index (χ3n) is 12.0. The summed E-state index contributed by atoms with van der Waals surface area (Å²) in [5, 5.41) is 32.5. The van der Waals surface area contributed by atoms with Crippen LogP contribution in [-0.4, -0.2) is 106 Å². The molecule has 2 amide bonds. The first kappa shape index (κ1) is 37.2. The molecule has 0 radical (unpaired) electrons. The maximum absolute atomic E-state index is 13.7. The number of nitrogens with one attached hydrogen (secondary N) is 1. The minimum atomic E-state index is -1.18. The molecule has 5 heterocycles. The molecule has 1 aliphatic carbocycles. The van der Waals surface area contributed by atoms with Gasteiger partial charge in [-0.2, -0.15) is 5.26 Å². The van der Waals surface area contributed by atoms with Crippen molar-refractivity contribution in [2.75, 3.05) is 51.1 Å². The van der Waals surface area contributed by atoms with Gasteiger partial charge in [0.15, 0.2) is 12.3 Å². The summed E-state index contributed by atoms with van der Waals surface area (Å²) in [7, 11) is 0. The van der Waals surface area contributed by atoms with E-state index in [-0.39, 0.29) is 54.0 Å². The van der Waals surface area contributed by atoms with Crippen LogP contribution < -0.4 is 30.1 Å². The van der Waals surface area contributed by atoms with Crippen LogP contribution in [0.1, 0.15) is 46.5 Å². The molecule has 2 bridgehead atoms. The molecule has 4 atom stereocenters. The highest BCUT2D eigenvalue weighted by Crippen LogP contribution is 2.51. The first-order chi connectivity index (χ1) is 23.9. The van der Waals surface area contributed by atoms with Crippen LogP contribution in [0.5, 0.6) is 0 Å². The van der Waals surface area contributed by atoms with Gasteiger partial charge in [-0.05, 0) is 65.6 Å². The lowest BCUT2D eigenvalue weighted by atomic mass is 9.76. The maximum Gasteiger partial charge on any atom is 0.352 e. The number of piperazine rings is 3. The number of benzene rings is 3. The van der Waals surface area contributed by atoms with Crippen LogP contribution in [0, 0.1) is 23.2 Å². The lowest BCUT2D eigenvalue weighted by Gasteiger charge is -2.55. The highest BCUT2D eigenvalue weighted by Gasteiger charge is 2.60. The van der Waals surface area contributed by atoms with E-state index in [0.717, 1.165) is 71.5 Å². The molecular weight excluding hydrogens is 705 g/mol. The van der Waals surface area contributed by atoms with Gasteiger partial charge in [-0.3, -0.25) is 14.4 Å².